The summed E-state index contributed by atoms with van der Waals surface area (Å²) in [5, 5.41) is 8.22. The van der Waals surface area contributed by atoms with Crippen LogP contribution in [0.1, 0.15) is 12.5 Å². The largest absolute Gasteiger partial charge is 0.416 e. The second-order valence-electron chi connectivity index (χ2n) is 7.14. The Bertz CT molecular complexity index is 1090. The third kappa shape index (κ3) is 4.10. The Kier molecular flexibility index (Phi) is 5.49. The van der Waals surface area contributed by atoms with Crippen LogP contribution in [0.4, 0.5) is 0 Å². The number of hydrogen-bond donors (Lipinski definition) is 0. The summed E-state index contributed by atoms with van der Waals surface area (Å²) < 4.78 is 33.5. The van der Waals surface area contributed by atoms with E-state index in [9.17, 15) is 8.42 Å². The number of rotatable bonds is 5. The molecule has 29 heavy (non-hydrogen) atoms. The van der Waals surface area contributed by atoms with E-state index in [2.05, 4.69) is 22.0 Å². The number of sulfonamides is 1. The van der Waals surface area contributed by atoms with Crippen molar-refractivity contribution in [3.8, 4) is 22.9 Å². The van der Waals surface area contributed by atoms with Gasteiger partial charge in [-0.2, -0.15) is 4.31 Å². The first-order valence-corrected chi connectivity index (χ1v) is 11.1. The van der Waals surface area contributed by atoms with Gasteiger partial charge >= 0.3 is 0 Å². The van der Waals surface area contributed by atoms with Crippen molar-refractivity contribution in [1.82, 2.24) is 19.4 Å². The highest BCUT2D eigenvalue weighted by Crippen LogP contribution is 2.27. The molecule has 7 nitrogen and oxygen atoms in total. The van der Waals surface area contributed by atoms with Crippen molar-refractivity contribution in [2.24, 2.45) is 0 Å². The molecular formula is C21H24N4O3S. The number of likely N-dealkylation sites (N-methyl/N-ethyl adjacent to an activating group) is 1. The zero-order chi connectivity index (χ0) is 20.4. The van der Waals surface area contributed by atoms with Crippen LogP contribution in [-0.2, 0) is 10.0 Å². The highest BCUT2D eigenvalue weighted by Gasteiger charge is 2.28. The average Bonchev–Trinajstić information content (AvgIpc) is 3.25. The van der Waals surface area contributed by atoms with Crippen LogP contribution in [0.15, 0.2) is 57.8 Å². The number of piperazine rings is 1. The van der Waals surface area contributed by atoms with Crippen molar-refractivity contribution < 1.29 is 12.8 Å². The van der Waals surface area contributed by atoms with Gasteiger partial charge in [-0.1, -0.05) is 30.7 Å². The van der Waals surface area contributed by atoms with Crippen LogP contribution in [0.3, 0.4) is 0 Å². The topological polar surface area (TPSA) is 79.5 Å². The molecule has 0 radical (unpaired) electrons. The molecule has 1 fully saturated rings. The standard InChI is InChI=1S/C21H24N4O3S/c1-3-24-11-13-25(14-12-24)29(26,27)19-6-4-5-18(15-19)21-23-22-20(28-21)17-9-7-16(2)8-10-17/h4-10,15H,3,11-14H2,1-2H3. The van der Waals surface area contributed by atoms with Gasteiger partial charge in [0.15, 0.2) is 0 Å². The van der Waals surface area contributed by atoms with Gasteiger partial charge in [0.2, 0.25) is 21.8 Å². The molecule has 2 heterocycles. The lowest BCUT2D eigenvalue weighted by atomic mass is 10.1. The zero-order valence-corrected chi connectivity index (χ0v) is 17.4. The Morgan fingerprint density at radius 1 is 0.931 bits per heavy atom. The van der Waals surface area contributed by atoms with Crippen LogP contribution in [0.5, 0.6) is 0 Å². The Morgan fingerprint density at radius 3 is 2.24 bits per heavy atom. The molecule has 0 N–H and O–H groups in total. The van der Waals surface area contributed by atoms with Crippen LogP contribution in [-0.4, -0.2) is 60.5 Å². The molecule has 3 aromatic rings. The average molecular weight is 413 g/mol. The fourth-order valence-corrected chi connectivity index (χ4v) is 4.85. The number of nitrogens with zero attached hydrogens (tertiary/aromatic N) is 4. The van der Waals surface area contributed by atoms with Crippen molar-refractivity contribution in [2.45, 2.75) is 18.7 Å². The Hall–Kier alpha value is -2.55. The predicted molar refractivity (Wildman–Crippen MR) is 111 cm³/mol. The van der Waals surface area contributed by atoms with Crippen LogP contribution in [0.2, 0.25) is 0 Å². The summed E-state index contributed by atoms with van der Waals surface area (Å²) in [6.07, 6.45) is 0. The van der Waals surface area contributed by atoms with Gasteiger partial charge in [-0.15, -0.1) is 10.2 Å². The van der Waals surface area contributed by atoms with E-state index in [4.69, 9.17) is 4.42 Å². The fourth-order valence-electron chi connectivity index (χ4n) is 3.38. The molecule has 0 spiro atoms. The zero-order valence-electron chi connectivity index (χ0n) is 16.6. The number of aryl methyl sites for hydroxylation is 1. The molecule has 0 bridgehead atoms. The van der Waals surface area contributed by atoms with Gasteiger partial charge in [0.1, 0.15) is 0 Å². The third-order valence-electron chi connectivity index (χ3n) is 5.22. The molecule has 1 aromatic heterocycles. The van der Waals surface area contributed by atoms with E-state index in [0.717, 1.165) is 30.8 Å². The maximum absolute atomic E-state index is 13.1. The van der Waals surface area contributed by atoms with Crippen molar-refractivity contribution >= 4 is 10.0 Å². The van der Waals surface area contributed by atoms with E-state index in [0.29, 0.717) is 30.4 Å². The lowest BCUT2D eigenvalue weighted by molar-refractivity contribution is 0.196. The lowest BCUT2D eigenvalue weighted by Crippen LogP contribution is -2.48. The van der Waals surface area contributed by atoms with Crippen molar-refractivity contribution in [3.63, 3.8) is 0 Å². The maximum atomic E-state index is 13.1. The molecule has 0 atom stereocenters. The second-order valence-corrected chi connectivity index (χ2v) is 9.08. The Balaban J connectivity index is 1.58. The number of aromatic nitrogens is 2. The molecule has 0 amide bonds. The smallest absolute Gasteiger partial charge is 0.248 e. The predicted octanol–water partition coefficient (Wildman–Crippen LogP) is 3.04. The van der Waals surface area contributed by atoms with E-state index in [1.807, 2.05) is 31.2 Å². The first-order valence-electron chi connectivity index (χ1n) is 9.71. The van der Waals surface area contributed by atoms with Crippen molar-refractivity contribution in [1.29, 1.82) is 0 Å². The molecule has 8 heteroatoms. The normalized spacial score (nSPS) is 16.2. The summed E-state index contributed by atoms with van der Waals surface area (Å²) in [5.41, 5.74) is 2.56. The molecule has 0 saturated carbocycles. The second kappa shape index (κ2) is 8.06. The van der Waals surface area contributed by atoms with E-state index < -0.39 is 10.0 Å². The van der Waals surface area contributed by atoms with E-state index in [1.54, 1.807) is 28.6 Å². The Labute approximate surface area is 171 Å². The molecule has 1 saturated heterocycles. The number of hydrogen-bond acceptors (Lipinski definition) is 6. The molecule has 152 valence electrons. The molecule has 2 aromatic carbocycles. The van der Waals surface area contributed by atoms with Gasteiger partial charge < -0.3 is 9.32 Å². The summed E-state index contributed by atoms with van der Waals surface area (Å²) in [5.74, 6) is 0.706. The summed E-state index contributed by atoms with van der Waals surface area (Å²) in [4.78, 5) is 2.49. The molecule has 1 aliphatic rings. The summed E-state index contributed by atoms with van der Waals surface area (Å²) in [7, 11) is -3.56. The van der Waals surface area contributed by atoms with Crippen molar-refractivity contribution in [3.05, 3.63) is 54.1 Å². The summed E-state index contributed by atoms with van der Waals surface area (Å²) >= 11 is 0. The minimum Gasteiger partial charge on any atom is -0.416 e. The first-order chi connectivity index (χ1) is 14.0. The van der Waals surface area contributed by atoms with E-state index in [-0.39, 0.29) is 4.90 Å². The molecule has 1 aliphatic heterocycles. The maximum Gasteiger partial charge on any atom is 0.248 e. The fraction of sp³-hybridized carbons (Fsp3) is 0.333. The summed E-state index contributed by atoms with van der Waals surface area (Å²) in [6, 6.07) is 14.5. The van der Waals surface area contributed by atoms with Crippen molar-refractivity contribution in [2.75, 3.05) is 32.7 Å². The molecule has 0 unspecified atom stereocenters. The minimum atomic E-state index is -3.56. The third-order valence-corrected chi connectivity index (χ3v) is 7.12. The lowest BCUT2D eigenvalue weighted by Gasteiger charge is -2.33. The minimum absolute atomic E-state index is 0.245. The molecule has 0 aliphatic carbocycles. The molecule has 4 rings (SSSR count). The SMILES string of the molecule is CCN1CCN(S(=O)(=O)c2cccc(-c3nnc(-c4ccc(C)cc4)o3)c2)CC1. The van der Waals surface area contributed by atoms with Gasteiger partial charge in [-0.25, -0.2) is 8.42 Å². The summed E-state index contributed by atoms with van der Waals surface area (Å²) in [6.45, 7) is 7.53. The molecular weight excluding hydrogens is 388 g/mol. The van der Waals surface area contributed by atoms with Crippen LogP contribution in [0.25, 0.3) is 22.9 Å². The van der Waals surface area contributed by atoms with Crippen LogP contribution < -0.4 is 0 Å². The van der Waals surface area contributed by atoms with Crippen LogP contribution >= 0.6 is 0 Å². The van der Waals surface area contributed by atoms with Gasteiger partial charge in [-0.05, 0) is 43.8 Å². The van der Waals surface area contributed by atoms with E-state index in [1.165, 1.54) is 0 Å². The van der Waals surface area contributed by atoms with Gasteiger partial charge in [-0.3, -0.25) is 0 Å². The number of benzene rings is 2. The van der Waals surface area contributed by atoms with Gasteiger partial charge in [0.05, 0.1) is 4.90 Å². The highest BCUT2D eigenvalue weighted by molar-refractivity contribution is 7.89. The monoisotopic (exact) mass is 412 g/mol. The van der Waals surface area contributed by atoms with E-state index >= 15 is 0 Å². The Morgan fingerprint density at radius 2 is 1.59 bits per heavy atom. The van der Waals surface area contributed by atoms with Gasteiger partial charge in [0, 0.05) is 37.3 Å². The quantitative estimate of drug-likeness (QED) is 0.641. The van der Waals surface area contributed by atoms with Gasteiger partial charge in [0.25, 0.3) is 0 Å². The van der Waals surface area contributed by atoms with Crippen LogP contribution in [0, 0.1) is 6.92 Å². The highest BCUT2D eigenvalue weighted by atomic mass is 32.2. The first kappa shape index (κ1) is 19.8.